The van der Waals surface area contributed by atoms with Crippen LogP contribution in [-0.2, 0) is 16.0 Å². The molecule has 2 heterocycles. The van der Waals surface area contributed by atoms with Crippen molar-refractivity contribution in [2.24, 2.45) is 0 Å². The first-order valence-corrected chi connectivity index (χ1v) is 9.66. The number of anilines is 1. The second-order valence-electron chi connectivity index (χ2n) is 7.37. The van der Waals surface area contributed by atoms with Crippen LogP contribution in [0.25, 0.3) is 0 Å². The predicted molar refractivity (Wildman–Crippen MR) is 103 cm³/mol. The molecule has 0 radical (unpaired) electrons. The Morgan fingerprint density at radius 3 is 2.88 bits per heavy atom. The fourth-order valence-electron chi connectivity index (χ4n) is 3.92. The summed E-state index contributed by atoms with van der Waals surface area (Å²) < 4.78 is 0. The minimum Gasteiger partial charge on any atom is -0.367 e. The molecule has 142 valence electrons. The van der Waals surface area contributed by atoms with Crippen molar-refractivity contribution in [2.75, 3.05) is 51.2 Å². The summed E-state index contributed by atoms with van der Waals surface area (Å²) in [5.74, 6) is -0.0726. The third-order valence-corrected chi connectivity index (χ3v) is 5.28. The molecule has 2 amide bonds. The molecule has 6 nitrogen and oxygen atoms in total. The van der Waals surface area contributed by atoms with E-state index in [2.05, 4.69) is 39.4 Å². The number of fused-ring (bicyclic) bond motifs is 3. The summed E-state index contributed by atoms with van der Waals surface area (Å²) in [7, 11) is 1.71. The largest absolute Gasteiger partial charge is 0.367 e. The van der Waals surface area contributed by atoms with Crippen LogP contribution in [0.15, 0.2) is 24.3 Å². The summed E-state index contributed by atoms with van der Waals surface area (Å²) in [4.78, 5) is 30.6. The van der Waals surface area contributed by atoms with Crippen molar-refractivity contribution in [3.05, 3.63) is 29.8 Å². The molecule has 26 heavy (non-hydrogen) atoms. The van der Waals surface area contributed by atoms with Gasteiger partial charge in [0.1, 0.15) is 0 Å². The number of hydrogen-bond donors (Lipinski definition) is 1. The number of likely N-dealkylation sites (N-methyl/N-ethyl adjacent to an activating group) is 1. The van der Waals surface area contributed by atoms with Gasteiger partial charge in [-0.05, 0) is 30.9 Å². The van der Waals surface area contributed by atoms with Crippen molar-refractivity contribution in [1.82, 2.24) is 15.1 Å². The average molecular weight is 358 g/mol. The number of carbonyl (C=O) groups excluding carboxylic acids is 2. The highest BCUT2D eigenvalue weighted by molar-refractivity contribution is 5.85. The Morgan fingerprint density at radius 2 is 2.08 bits per heavy atom. The Morgan fingerprint density at radius 1 is 1.27 bits per heavy atom. The molecule has 3 rings (SSSR count). The highest BCUT2D eigenvalue weighted by Gasteiger charge is 2.32. The maximum absolute atomic E-state index is 12.5. The van der Waals surface area contributed by atoms with E-state index in [1.165, 1.54) is 16.2 Å². The molecule has 0 bridgehead atoms. The zero-order chi connectivity index (χ0) is 18.5. The van der Waals surface area contributed by atoms with Crippen LogP contribution < -0.4 is 10.2 Å². The van der Waals surface area contributed by atoms with Gasteiger partial charge >= 0.3 is 0 Å². The molecule has 2 aliphatic heterocycles. The van der Waals surface area contributed by atoms with Crippen LogP contribution in [0.4, 0.5) is 5.69 Å². The average Bonchev–Trinajstić information content (AvgIpc) is 2.84. The number of amides is 2. The van der Waals surface area contributed by atoms with Gasteiger partial charge in [0.15, 0.2) is 0 Å². The van der Waals surface area contributed by atoms with Crippen LogP contribution in [0, 0.1) is 0 Å². The van der Waals surface area contributed by atoms with Crippen molar-refractivity contribution in [1.29, 1.82) is 0 Å². The first-order valence-electron chi connectivity index (χ1n) is 9.66. The third-order valence-electron chi connectivity index (χ3n) is 5.28. The van der Waals surface area contributed by atoms with Crippen molar-refractivity contribution in [3.8, 4) is 0 Å². The Balaban J connectivity index is 1.53. The second-order valence-corrected chi connectivity index (χ2v) is 7.37. The summed E-state index contributed by atoms with van der Waals surface area (Å²) >= 11 is 0. The zero-order valence-corrected chi connectivity index (χ0v) is 15.9. The number of carbonyl (C=O) groups is 2. The zero-order valence-electron chi connectivity index (χ0n) is 15.9. The highest BCUT2D eigenvalue weighted by Crippen LogP contribution is 2.33. The molecular formula is C20H30N4O2. The van der Waals surface area contributed by atoms with Gasteiger partial charge in [0.2, 0.25) is 11.8 Å². The number of hydrogen-bond acceptors (Lipinski definition) is 4. The van der Waals surface area contributed by atoms with Crippen LogP contribution in [0.5, 0.6) is 0 Å². The molecule has 0 aliphatic carbocycles. The van der Waals surface area contributed by atoms with Gasteiger partial charge in [0.25, 0.3) is 0 Å². The van der Waals surface area contributed by atoms with Crippen LogP contribution in [0.3, 0.4) is 0 Å². The van der Waals surface area contributed by atoms with Gasteiger partial charge in [0, 0.05) is 45.0 Å². The first kappa shape index (κ1) is 18.7. The summed E-state index contributed by atoms with van der Waals surface area (Å²) in [6.07, 6.45) is 3.01. The number of nitrogens with one attached hydrogen (secondary N) is 1. The molecule has 2 aliphatic rings. The van der Waals surface area contributed by atoms with E-state index in [1.54, 1.807) is 7.05 Å². The maximum Gasteiger partial charge on any atom is 0.239 e. The van der Waals surface area contributed by atoms with Crippen LogP contribution in [0.1, 0.15) is 25.3 Å². The first-order chi connectivity index (χ1) is 12.6. The van der Waals surface area contributed by atoms with E-state index >= 15 is 0 Å². The maximum atomic E-state index is 12.5. The van der Waals surface area contributed by atoms with Gasteiger partial charge in [-0.25, -0.2) is 0 Å². The van der Waals surface area contributed by atoms with E-state index in [0.717, 1.165) is 38.9 Å². The lowest BCUT2D eigenvalue weighted by Gasteiger charge is -2.28. The summed E-state index contributed by atoms with van der Waals surface area (Å²) in [5, 5.41) is 2.82. The molecule has 1 fully saturated rings. The number of rotatable bonds is 6. The fourth-order valence-corrected chi connectivity index (χ4v) is 3.92. The quantitative estimate of drug-likeness (QED) is 0.828. The molecular weight excluding hydrogens is 328 g/mol. The highest BCUT2D eigenvalue weighted by atomic mass is 16.2. The van der Waals surface area contributed by atoms with E-state index in [0.29, 0.717) is 19.1 Å². The summed E-state index contributed by atoms with van der Waals surface area (Å²) in [5.41, 5.74) is 2.77. The van der Waals surface area contributed by atoms with Gasteiger partial charge in [0.05, 0.1) is 13.1 Å². The SMILES string of the molecule is CCCNC(=O)CN(C)C(=O)CN1CCCN2c3ccccc3CC2C1. The standard InChI is InChI=1S/C20H30N4O2/c1-3-9-21-19(25)14-22(2)20(26)15-23-10-6-11-24-17(13-23)12-16-7-4-5-8-18(16)24/h4-5,7-8,17H,3,6,9-15H2,1-2H3,(H,21,25). The smallest absolute Gasteiger partial charge is 0.239 e. The monoisotopic (exact) mass is 358 g/mol. The molecule has 1 unspecified atom stereocenters. The van der Waals surface area contributed by atoms with Crippen LogP contribution in [-0.4, -0.2) is 74.0 Å². The van der Waals surface area contributed by atoms with E-state index in [4.69, 9.17) is 0 Å². The van der Waals surface area contributed by atoms with Crippen molar-refractivity contribution < 1.29 is 9.59 Å². The van der Waals surface area contributed by atoms with Crippen LogP contribution >= 0.6 is 0 Å². The minimum absolute atomic E-state index is 0.0145. The lowest BCUT2D eigenvalue weighted by atomic mass is 10.1. The molecule has 0 aromatic heterocycles. The van der Waals surface area contributed by atoms with E-state index in [-0.39, 0.29) is 18.4 Å². The molecule has 1 atom stereocenters. The van der Waals surface area contributed by atoms with Gasteiger partial charge in [-0.15, -0.1) is 0 Å². The van der Waals surface area contributed by atoms with Crippen molar-refractivity contribution >= 4 is 17.5 Å². The van der Waals surface area contributed by atoms with E-state index < -0.39 is 0 Å². The Kier molecular flexibility index (Phi) is 6.14. The minimum atomic E-state index is -0.0871. The van der Waals surface area contributed by atoms with Crippen LogP contribution in [0.2, 0.25) is 0 Å². The lowest BCUT2D eigenvalue weighted by molar-refractivity contribution is -0.135. The Labute approximate surface area is 156 Å². The van der Waals surface area contributed by atoms with Crippen molar-refractivity contribution in [3.63, 3.8) is 0 Å². The molecule has 0 saturated carbocycles. The molecule has 1 N–H and O–H groups in total. The Bertz CT molecular complexity index is 648. The van der Waals surface area contributed by atoms with E-state index in [1.807, 2.05) is 6.92 Å². The van der Waals surface area contributed by atoms with Gasteiger partial charge in [-0.3, -0.25) is 14.5 Å². The predicted octanol–water partition coefficient (Wildman–Crippen LogP) is 1.11. The third kappa shape index (κ3) is 4.36. The van der Waals surface area contributed by atoms with Crippen molar-refractivity contribution in [2.45, 2.75) is 32.2 Å². The molecule has 1 saturated heterocycles. The number of benzene rings is 1. The second kappa shape index (κ2) is 8.54. The van der Waals surface area contributed by atoms with Gasteiger partial charge in [-0.2, -0.15) is 0 Å². The topological polar surface area (TPSA) is 55.9 Å². The fraction of sp³-hybridized carbons (Fsp3) is 0.600. The molecule has 1 aromatic rings. The molecule has 1 aromatic carbocycles. The molecule has 0 spiro atoms. The number of nitrogens with zero attached hydrogens (tertiary/aromatic N) is 3. The Hall–Kier alpha value is -2.08. The summed E-state index contributed by atoms with van der Waals surface area (Å²) in [6.45, 7) is 6.06. The lowest BCUT2D eigenvalue weighted by Crippen LogP contribution is -2.45. The van der Waals surface area contributed by atoms with Gasteiger partial charge in [-0.1, -0.05) is 25.1 Å². The van der Waals surface area contributed by atoms with E-state index in [9.17, 15) is 9.59 Å². The van der Waals surface area contributed by atoms with Gasteiger partial charge < -0.3 is 15.1 Å². The normalized spacial score (nSPS) is 19.5. The number of para-hydroxylation sites is 1. The summed E-state index contributed by atoms with van der Waals surface area (Å²) in [6, 6.07) is 9.07. The molecule has 6 heteroatoms.